The standard InChI is InChI=1S/C11H9N2O4/c1-11(2)10-9(15-10)5-3-6-7(4-8(5)16-11)13(14)17-12-6/h3-4,12H,1-2H3/q-1. The summed E-state index contributed by atoms with van der Waals surface area (Å²) in [6.45, 7) is 3.85. The molecule has 0 aliphatic carbocycles. The molecule has 0 radical (unpaired) electrons. The second-order valence-corrected chi connectivity index (χ2v) is 4.69. The van der Waals surface area contributed by atoms with Crippen molar-refractivity contribution < 1.29 is 14.4 Å². The van der Waals surface area contributed by atoms with Crippen LogP contribution in [0, 0.1) is 5.21 Å². The number of rotatable bonds is 0. The van der Waals surface area contributed by atoms with E-state index in [9.17, 15) is 5.21 Å². The van der Waals surface area contributed by atoms with Crippen LogP contribution in [0.2, 0.25) is 0 Å². The molecule has 0 fully saturated rings. The second-order valence-electron chi connectivity index (χ2n) is 4.69. The van der Waals surface area contributed by atoms with Gasteiger partial charge >= 0.3 is 0 Å². The molecule has 0 atom stereocenters. The molecule has 6 heteroatoms. The molecule has 0 bridgehead atoms. The summed E-state index contributed by atoms with van der Waals surface area (Å²) < 4.78 is 11.3. The Morgan fingerprint density at radius 2 is 2.18 bits per heavy atom. The van der Waals surface area contributed by atoms with Crippen LogP contribution >= 0.6 is 0 Å². The highest BCUT2D eigenvalue weighted by Crippen LogP contribution is 2.54. The van der Waals surface area contributed by atoms with Gasteiger partial charge in [-0.1, -0.05) is 0 Å². The van der Waals surface area contributed by atoms with Crippen molar-refractivity contribution in [2.45, 2.75) is 19.4 Å². The van der Waals surface area contributed by atoms with E-state index in [1.54, 1.807) is 12.1 Å². The van der Waals surface area contributed by atoms with E-state index in [-0.39, 0.29) is 0 Å². The summed E-state index contributed by atoms with van der Waals surface area (Å²) in [5.41, 5.74) is 3.94. The summed E-state index contributed by atoms with van der Waals surface area (Å²) >= 11 is 0. The van der Waals surface area contributed by atoms with Crippen LogP contribution < -0.4 is 15.4 Å². The van der Waals surface area contributed by atoms with Gasteiger partial charge in [-0.15, -0.1) is 0 Å². The van der Waals surface area contributed by atoms with Crippen LogP contribution in [0.1, 0.15) is 19.4 Å². The fraction of sp³-hybridized carbons (Fsp3) is 0.273. The maximum absolute atomic E-state index is 11.3. The fourth-order valence-electron chi connectivity index (χ4n) is 2.17. The predicted molar refractivity (Wildman–Crippen MR) is 59.7 cm³/mol. The van der Waals surface area contributed by atoms with E-state index in [4.69, 9.17) is 9.47 Å². The second kappa shape index (κ2) is 2.49. The quantitative estimate of drug-likeness (QED) is 0.740. The van der Waals surface area contributed by atoms with Gasteiger partial charge in [-0.05, 0) is 19.9 Å². The summed E-state index contributed by atoms with van der Waals surface area (Å²) in [5, 5.41) is 11.8. The Morgan fingerprint density at radius 1 is 1.35 bits per heavy atom. The third kappa shape index (κ3) is 1.06. The highest BCUT2D eigenvalue weighted by molar-refractivity contribution is 5.86. The molecule has 3 heterocycles. The lowest BCUT2D eigenvalue weighted by atomic mass is 10.0. The number of benzene rings is 1. The highest BCUT2D eigenvalue weighted by Gasteiger charge is 2.48. The van der Waals surface area contributed by atoms with Crippen LogP contribution in [0.25, 0.3) is 5.76 Å². The van der Waals surface area contributed by atoms with Crippen molar-refractivity contribution in [2.24, 2.45) is 0 Å². The molecule has 17 heavy (non-hydrogen) atoms. The van der Waals surface area contributed by atoms with Crippen LogP contribution in [-0.2, 0) is 9.68 Å². The lowest BCUT2D eigenvalue weighted by Crippen LogP contribution is -2.29. The molecule has 0 saturated carbocycles. The maximum atomic E-state index is 11.3. The smallest absolute Gasteiger partial charge is 0.190 e. The maximum Gasteiger partial charge on any atom is 0.190 e. The van der Waals surface area contributed by atoms with Gasteiger partial charge in [0.05, 0.1) is 16.9 Å². The van der Waals surface area contributed by atoms with Crippen LogP contribution in [0.15, 0.2) is 17.9 Å². The van der Waals surface area contributed by atoms with Crippen LogP contribution in [0.4, 0.5) is 11.4 Å². The van der Waals surface area contributed by atoms with Gasteiger partial charge in [0.15, 0.2) is 17.1 Å². The fourth-order valence-corrected chi connectivity index (χ4v) is 2.17. The SMILES string of the molecule is CC1(C)Oc2cc3c(cc2C2=C1O2)NON3[O-]. The van der Waals surface area contributed by atoms with E-state index in [2.05, 4.69) is 10.4 Å². The van der Waals surface area contributed by atoms with Gasteiger partial charge in [0.1, 0.15) is 5.75 Å². The van der Waals surface area contributed by atoms with Crippen molar-refractivity contribution in [3.05, 3.63) is 28.7 Å². The van der Waals surface area contributed by atoms with E-state index in [0.717, 1.165) is 17.1 Å². The molecule has 1 N–H and O–H groups in total. The average molecular weight is 233 g/mol. The third-order valence-corrected chi connectivity index (χ3v) is 3.06. The first kappa shape index (κ1) is 9.15. The summed E-state index contributed by atoms with van der Waals surface area (Å²) in [6, 6.07) is 3.45. The van der Waals surface area contributed by atoms with Crippen molar-refractivity contribution in [1.82, 2.24) is 0 Å². The number of hydrogen-bond acceptors (Lipinski definition) is 6. The van der Waals surface area contributed by atoms with Crippen LogP contribution in [0.5, 0.6) is 5.75 Å². The highest BCUT2D eigenvalue weighted by atomic mass is 17.0. The molecule has 0 amide bonds. The van der Waals surface area contributed by atoms with E-state index < -0.39 is 5.60 Å². The number of nitrogens with zero attached hydrogens (tertiary/aromatic N) is 1. The Hall–Kier alpha value is -1.92. The van der Waals surface area contributed by atoms with Crippen molar-refractivity contribution >= 4 is 17.1 Å². The average Bonchev–Trinajstić information content (AvgIpc) is 3.00. The zero-order chi connectivity index (χ0) is 11.8. The predicted octanol–water partition coefficient (Wildman–Crippen LogP) is 2.13. The largest absolute Gasteiger partial charge is 0.731 e. The van der Waals surface area contributed by atoms with E-state index in [1.807, 2.05) is 13.8 Å². The van der Waals surface area contributed by atoms with Gasteiger partial charge in [0.25, 0.3) is 0 Å². The molecule has 1 aromatic rings. The minimum atomic E-state index is -0.475. The molecule has 1 aromatic carbocycles. The zero-order valence-corrected chi connectivity index (χ0v) is 9.23. The summed E-state index contributed by atoms with van der Waals surface area (Å²) in [4.78, 5) is 4.66. The number of hydrogen-bond donors (Lipinski definition) is 1. The van der Waals surface area contributed by atoms with Crippen molar-refractivity contribution in [2.75, 3.05) is 10.7 Å². The minimum Gasteiger partial charge on any atom is -0.731 e. The summed E-state index contributed by atoms with van der Waals surface area (Å²) in [7, 11) is 0. The Morgan fingerprint density at radius 3 is 3.00 bits per heavy atom. The lowest BCUT2D eigenvalue weighted by Gasteiger charge is -2.25. The van der Waals surface area contributed by atoms with Gasteiger partial charge in [-0.3, -0.25) is 5.23 Å². The Balaban J connectivity index is 1.91. The molecule has 88 valence electrons. The van der Waals surface area contributed by atoms with Gasteiger partial charge in [0, 0.05) is 6.07 Å². The molecule has 0 aromatic heterocycles. The molecule has 3 aliphatic heterocycles. The number of nitrogens with one attached hydrogen (secondary N) is 1. The monoisotopic (exact) mass is 233 g/mol. The van der Waals surface area contributed by atoms with Crippen LogP contribution in [-0.4, -0.2) is 5.60 Å². The number of fused-ring (bicyclic) bond motifs is 3. The van der Waals surface area contributed by atoms with Crippen LogP contribution in [0.3, 0.4) is 0 Å². The summed E-state index contributed by atoms with van der Waals surface area (Å²) in [5.74, 6) is 2.33. The first-order valence-corrected chi connectivity index (χ1v) is 5.26. The molecule has 0 spiro atoms. The lowest BCUT2D eigenvalue weighted by molar-refractivity contribution is 0.129. The van der Waals surface area contributed by atoms with Gasteiger partial charge in [0.2, 0.25) is 0 Å². The molecule has 0 saturated heterocycles. The normalized spacial score (nSPS) is 21.9. The van der Waals surface area contributed by atoms with E-state index in [0.29, 0.717) is 22.4 Å². The third-order valence-electron chi connectivity index (χ3n) is 3.06. The first-order chi connectivity index (χ1) is 8.06. The van der Waals surface area contributed by atoms with E-state index >= 15 is 0 Å². The van der Waals surface area contributed by atoms with Crippen molar-refractivity contribution in [1.29, 1.82) is 0 Å². The molecular formula is C11H9N2O4-. The molecule has 6 nitrogen and oxygen atoms in total. The Kier molecular flexibility index (Phi) is 1.34. The van der Waals surface area contributed by atoms with Gasteiger partial charge < -0.3 is 14.7 Å². The van der Waals surface area contributed by atoms with E-state index in [1.165, 1.54) is 0 Å². The molecule has 0 unspecified atom stereocenters. The Bertz CT molecular complexity index is 579. The number of anilines is 2. The first-order valence-electron chi connectivity index (χ1n) is 5.26. The van der Waals surface area contributed by atoms with Gasteiger partial charge in [-0.2, -0.15) is 4.94 Å². The minimum absolute atomic E-state index is 0.407. The topological polar surface area (TPSA) is 69.3 Å². The summed E-state index contributed by atoms with van der Waals surface area (Å²) in [6.07, 6.45) is 0. The van der Waals surface area contributed by atoms with Gasteiger partial charge in [-0.25, -0.2) is 5.48 Å². The van der Waals surface area contributed by atoms with Crippen molar-refractivity contribution in [3.63, 3.8) is 0 Å². The molecular weight excluding hydrogens is 224 g/mol. The molecule has 3 aliphatic rings. The number of ether oxygens (including phenoxy) is 2. The molecule has 4 rings (SSSR count). The van der Waals surface area contributed by atoms with Crippen molar-refractivity contribution in [3.8, 4) is 5.75 Å². The Labute approximate surface area is 96.9 Å². The zero-order valence-electron chi connectivity index (χ0n) is 9.23.